The van der Waals surface area contributed by atoms with Crippen LogP contribution in [0.25, 0.3) is 0 Å². The second-order valence-electron chi connectivity index (χ2n) is 12.8. The van der Waals surface area contributed by atoms with Crippen LogP contribution >= 0.6 is 0 Å². The second-order valence-corrected chi connectivity index (χ2v) is 12.8. The van der Waals surface area contributed by atoms with Crippen LogP contribution in [-0.4, -0.2) is 58.8 Å². The summed E-state index contributed by atoms with van der Waals surface area (Å²) in [7, 11) is 0. The lowest BCUT2D eigenvalue weighted by molar-refractivity contribution is -0.929. The number of aliphatic carboxylic acids is 3. The van der Waals surface area contributed by atoms with Crippen molar-refractivity contribution in [2.24, 2.45) is 0 Å². The summed E-state index contributed by atoms with van der Waals surface area (Å²) in [5, 5.41) is 29.2. The molecular formula is C36H67NO6. The molecule has 0 aromatic rings. The largest absolute Gasteiger partial charge is 0.550 e. The Kier molecular flexibility index (Phi) is 28.8. The molecule has 0 heterocycles. The molecule has 43 heavy (non-hydrogen) atoms. The number of carbonyl (C=O) groups is 3. The summed E-state index contributed by atoms with van der Waals surface area (Å²) in [6, 6.07) is 0. The van der Waals surface area contributed by atoms with Crippen LogP contribution in [0.4, 0.5) is 0 Å². The zero-order valence-electron chi connectivity index (χ0n) is 27.8. The van der Waals surface area contributed by atoms with Gasteiger partial charge in [0.1, 0.15) is 0 Å². The van der Waals surface area contributed by atoms with Gasteiger partial charge in [-0.25, -0.2) is 0 Å². The molecule has 0 spiro atoms. The van der Waals surface area contributed by atoms with E-state index in [9.17, 15) is 19.5 Å². The minimum Gasteiger partial charge on any atom is -0.550 e. The Morgan fingerprint density at radius 2 is 0.814 bits per heavy atom. The van der Waals surface area contributed by atoms with Gasteiger partial charge in [-0.2, -0.15) is 0 Å². The lowest BCUT2D eigenvalue weighted by Gasteiger charge is -2.39. The standard InChI is InChI=1S/C36H67NO6/c1-2-3-4-5-6-7-8-9-10-11-12-13-14-15-16-17-18-19-20-21-22-23-30-37(31-24-27-34(38)39,32-25-28-35(40)41)33-26-29-36(42)43/h10-11H,2-9,12-33H2,1H3,(H2-,38,39,40,41,42,43)/b11-10+. The predicted molar refractivity (Wildman–Crippen MR) is 175 cm³/mol. The molecule has 0 unspecified atom stereocenters. The lowest BCUT2D eigenvalue weighted by Crippen LogP contribution is -2.51. The molecule has 0 aliphatic heterocycles. The van der Waals surface area contributed by atoms with Crippen LogP contribution < -0.4 is 5.11 Å². The van der Waals surface area contributed by atoms with Gasteiger partial charge in [0.15, 0.2) is 0 Å². The number of rotatable bonds is 34. The molecule has 0 fully saturated rings. The highest BCUT2D eigenvalue weighted by Gasteiger charge is 2.26. The molecule has 2 N–H and O–H groups in total. The van der Waals surface area contributed by atoms with Crippen LogP contribution in [0.1, 0.15) is 174 Å². The van der Waals surface area contributed by atoms with Gasteiger partial charge in [0, 0.05) is 25.2 Å². The van der Waals surface area contributed by atoms with Gasteiger partial charge in [0.25, 0.3) is 0 Å². The molecule has 7 heteroatoms. The average Bonchev–Trinajstić information content (AvgIpc) is 2.95. The number of allylic oxidation sites excluding steroid dienone is 2. The molecule has 0 radical (unpaired) electrons. The van der Waals surface area contributed by atoms with E-state index in [4.69, 9.17) is 10.2 Å². The van der Waals surface area contributed by atoms with Gasteiger partial charge in [-0.1, -0.05) is 109 Å². The molecule has 0 aromatic carbocycles. The first kappa shape index (κ1) is 41.1. The van der Waals surface area contributed by atoms with Crippen molar-refractivity contribution >= 4 is 17.9 Å². The summed E-state index contributed by atoms with van der Waals surface area (Å²) < 4.78 is 0.614. The number of carboxylic acid groups (broad SMARTS) is 3. The van der Waals surface area contributed by atoms with Crippen molar-refractivity contribution < 1.29 is 34.2 Å². The van der Waals surface area contributed by atoms with Gasteiger partial charge < -0.3 is 24.6 Å². The zero-order chi connectivity index (χ0) is 31.9. The normalized spacial score (nSPS) is 11.8. The summed E-state index contributed by atoms with van der Waals surface area (Å²) in [4.78, 5) is 33.1. The van der Waals surface area contributed by atoms with Gasteiger partial charge in [-0.15, -0.1) is 0 Å². The maximum Gasteiger partial charge on any atom is 0.303 e. The Morgan fingerprint density at radius 1 is 0.488 bits per heavy atom. The van der Waals surface area contributed by atoms with Crippen LogP contribution in [0.15, 0.2) is 12.2 Å². The number of nitrogens with zero attached hydrogens (tertiary/aromatic N) is 1. The van der Waals surface area contributed by atoms with Crippen molar-refractivity contribution in [2.75, 3.05) is 26.2 Å². The molecule has 7 nitrogen and oxygen atoms in total. The van der Waals surface area contributed by atoms with Crippen molar-refractivity contribution in [2.45, 2.75) is 174 Å². The highest BCUT2D eigenvalue weighted by molar-refractivity contribution is 5.66. The third kappa shape index (κ3) is 29.9. The maximum absolute atomic E-state index is 11.1. The number of hydrogen-bond acceptors (Lipinski definition) is 4. The first-order chi connectivity index (χ1) is 20.8. The topological polar surface area (TPSA) is 115 Å². The van der Waals surface area contributed by atoms with E-state index in [1.54, 1.807) is 0 Å². The molecule has 252 valence electrons. The Balaban J connectivity index is 4.00. The molecule has 0 bridgehead atoms. The van der Waals surface area contributed by atoms with Crippen LogP contribution in [0.3, 0.4) is 0 Å². The Labute approximate surface area is 264 Å². The molecule has 0 rings (SSSR count). The lowest BCUT2D eigenvalue weighted by atomic mass is 10.0. The van der Waals surface area contributed by atoms with Crippen LogP contribution in [0.2, 0.25) is 0 Å². The van der Waals surface area contributed by atoms with Crippen molar-refractivity contribution in [3.8, 4) is 0 Å². The molecule has 0 aromatic heterocycles. The summed E-state index contributed by atoms with van der Waals surface area (Å²) >= 11 is 0. The Bertz CT molecular complexity index is 658. The number of unbranched alkanes of at least 4 members (excludes halogenated alkanes) is 18. The van der Waals surface area contributed by atoms with E-state index in [-0.39, 0.29) is 19.3 Å². The number of quaternary nitrogens is 1. The van der Waals surface area contributed by atoms with Gasteiger partial charge >= 0.3 is 11.9 Å². The van der Waals surface area contributed by atoms with Crippen LogP contribution in [0, 0.1) is 0 Å². The smallest absolute Gasteiger partial charge is 0.303 e. The van der Waals surface area contributed by atoms with Crippen LogP contribution in [0.5, 0.6) is 0 Å². The zero-order valence-corrected chi connectivity index (χ0v) is 27.8. The molecule has 0 atom stereocenters. The first-order valence-electron chi connectivity index (χ1n) is 17.9. The van der Waals surface area contributed by atoms with E-state index in [0.717, 1.165) is 19.4 Å². The third-order valence-corrected chi connectivity index (χ3v) is 8.70. The fourth-order valence-electron chi connectivity index (χ4n) is 6.12. The van der Waals surface area contributed by atoms with Gasteiger partial charge in [-0.05, 0) is 44.9 Å². The fourth-order valence-corrected chi connectivity index (χ4v) is 6.12. The van der Waals surface area contributed by atoms with Crippen molar-refractivity contribution in [1.29, 1.82) is 0 Å². The number of carboxylic acids is 3. The third-order valence-electron chi connectivity index (χ3n) is 8.70. The molecule has 0 aliphatic carbocycles. The summed E-state index contributed by atoms with van der Waals surface area (Å²) in [5.74, 6) is -2.74. The Hall–Kier alpha value is -1.89. The van der Waals surface area contributed by atoms with Crippen molar-refractivity contribution in [3.63, 3.8) is 0 Å². The predicted octanol–water partition coefficient (Wildman–Crippen LogP) is 8.44. The van der Waals surface area contributed by atoms with E-state index in [1.807, 2.05) is 0 Å². The molecule has 0 amide bonds. The Morgan fingerprint density at radius 3 is 1.19 bits per heavy atom. The van der Waals surface area contributed by atoms with E-state index in [0.29, 0.717) is 43.4 Å². The number of carbonyl (C=O) groups excluding carboxylic acids is 1. The first-order valence-corrected chi connectivity index (χ1v) is 17.9. The molecular weight excluding hydrogens is 542 g/mol. The average molecular weight is 610 g/mol. The fraction of sp³-hybridized carbons (Fsp3) is 0.861. The van der Waals surface area contributed by atoms with E-state index < -0.39 is 17.9 Å². The second kappa shape index (κ2) is 30.1. The SMILES string of the molecule is CCCCCCCCC/C=C/CCCCCCCCCCCCC[N+](CCCC(=O)[O-])(CCCC(=O)O)CCCC(=O)O. The molecule has 0 saturated heterocycles. The minimum absolute atomic E-state index is 0.0196. The van der Waals surface area contributed by atoms with Crippen molar-refractivity contribution in [3.05, 3.63) is 12.2 Å². The summed E-state index contributed by atoms with van der Waals surface area (Å²) in [5.41, 5.74) is 0. The highest BCUT2D eigenvalue weighted by Crippen LogP contribution is 2.19. The highest BCUT2D eigenvalue weighted by atomic mass is 16.4. The van der Waals surface area contributed by atoms with Crippen LogP contribution in [-0.2, 0) is 14.4 Å². The minimum atomic E-state index is -1.07. The van der Waals surface area contributed by atoms with Crippen molar-refractivity contribution in [1.82, 2.24) is 0 Å². The van der Waals surface area contributed by atoms with Gasteiger partial charge in [-0.3, -0.25) is 9.59 Å². The van der Waals surface area contributed by atoms with E-state index in [1.165, 1.54) is 116 Å². The summed E-state index contributed by atoms with van der Waals surface area (Å²) in [6.45, 7) is 5.04. The van der Waals surface area contributed by atoms with E-state index >= 15 is 0 Å². The number of hydrogen-bond donors (Lipinski definition) is 2. The quantitative estimate of drug-likeness (QED) is 0.0430. The molecule has 0 saturated carbocycles. The van der Waals surface area contributed by atoms with Gasteiger partial charge in [0.2, 0.25) is 0 Å². The van der Waals surface area contributed by atoms with E-state index in [2.05, 4.69) is 19.1 Å². The molecule has 0 aliphatic rings. The maximum atomic E-state index is 11.1. The van der Waals surface area contributed by atoms with Gasteiger partial charge in [0.05, 0.1) is 39.0 Å². The monoisotopic (exact) mass is 609 g/mol. The summed E-state index contributed by atoms with van der Waals surface area (Å²) in [6.07, 6.45) is 32.3.